The molecule has 1 saturated carbocycles. The number of hydrogen-bond donors (Lipinski definition) is 2. The predicted octanol–water partition coefficient (Wildman–Crippen LogP) is 0.664. The predicted molar refractivity (Wildman–Crippen MR) is 66.5 cm³/mol. The maximum absolute atomic E-state index is 12.5. The number of carbonyl (C=O) groups is 1. The summed E-state index contributed by atoms with van der Waals surface area (Å²) in [6, 6.07) is 2.20. The Morgan fingerprint density at radius 3 is 2.00 bits per heavy atom. The first-order valence-corrected chi connectivity index (χ1v) is 6.62. The molecule has 0 bridgehead atoms. The number of nitrogens with zero attached hydrogens (tertiary/aromatic N) is 2. The molecule has 0 spiro atoms. The summed E-state index contributed by atoms with van der Waals surface area (Å²) in [6.07, 6.45) is 5.11. The molecule has 0 atom stereocenters. The third kappa shape index (κ3) is 3.44. The first-order valence-electron chi connectivity index (χ1n) is 6.62. The van der Waals surface area contributed by atoms with Gasteiger partial charge in [0, 0.05) is 13.1 Å². The summed E-state index contributed by atoms with van der Waals surface area (Å²) in [4.78, 5) is 13.9. The normalized spacial score (nSPS) is 18.7. The second-order valence-corrected chi connectivity index (χ2v) is 4.85. The van der Waals surface area contributed by atoms with E-state index in [1.165, 1.54) is 4.90 Å². The van der Waals surface area contributed by atoms with Crippen molar-refractivity contribution in [2.45, 2.75) is 38.5 Å². The summed E-state index contributed by atoms with van der Waals surface area (Å²) >= 11 is 0. The maximum Gasteiger partial charge on any atom is 0.243 e. The standard InChI is InChI=1S/C13H22N2O3/c14-11-13(5-3-1-2-4-6-13)12(18)15(7-9-16)8-10-17/h16-17H,1-10H2. The van der Waals surface area contributed by atoms with Gasteiger partial charge in [0.2, 0.25) is 5.91 Å². The highest BCUT2D eigenvalue weighted by atomic mass is 16.3. The fraction of sp³-hybridized carbons (Fsp3) is 0.846. The topological polar surface area (TPSA) is 84.6 Å². The van der Waals surface area contributed by atoms with Crippen molar-refractivity contribution in [3.8, 4) is 6.07 Å². The van der Waals surface area contributed by atoms with E-state index < -0.39 is 5.41 Å². The molecular formula is C13H22N2O3. The molecule has 0 aromatic rings. The van der Waals surface area contributed by atoms with Crippen LogP contribution in [-0.4, -0.2) is 47.3 Å². The van der Waals surface area contributed by atoms with Crippen LogP contribution < -0.4 is 0 Å². The highest BCUT2D eigenvalue weighted by Gasteiger charge is 2.41. The van der Waals surface area contributed by atoms with Gasteiger partial charge in [-0.1, -0.05) is 25.7 Å². The first-order chi connectivity index (χ1) is 8.70. The zero-order valence-electron chi connectivity index (χ0n) is 10.8. The van der Waals surface area contributed by atoms with Crippen LogP contribution in [0.2, 0.25) is 0 Å². The van der Waals surface area contributed by atoms with Gasteiger partial charge in [-0.3, -0.25) is 4.79 Å². The second-order valence-electron chi connectivity index (χ2n) is 4.85. The van der Waals surface area contributed by atoms with Crippen molar-refractivity contribution in [2.75, 3.05) is 26.3 Å². The summed E-state index contributed by atoms with van der Waals surface area (Å²) in [5.74, 6) is -0.227. The second kappa shape index (κ2) is 7.34. The monoisotopic (exact) mass is 254 g/mol. The molecule has 102 valence electrons. The summed E-state index contributed by atoms with van der Waals surface area (Å²) < 4.78 is 0. The van der Waals surface area contributed by atoms with Gasteiger partial charge in [-0.15, -0.1) is 0 Å². The van der Waals surface area contributed by atoms with Crippen LogP contribution in [0.25, 0.3) is 0 Å². The van der Waals surface area contributed by atoms with Crippen molar-refractivity contribution < 1.29 is 15.0 Å². The van der Waals surface area contributed by atoms with Gasteiger partial charge in [-0.2, -0.15) is 5.26 Å². The zero-order chi connectivity index (χ0) is 13.4. The van der Waals surface area contributed by atoms with E-state index >= 15 is 0 Å². The number of aliphatic hydroxyl groups is 2. The van der Waals surface area contributed by atoms with Crippen LogP contribution in [0.15, 0.2) is 0 Å². The number of aliphatic hydroxyl groups excluding tert-OH is 2. The Kier molecular flexibility index (Phi) is 6.10. The average molecular weight is 254 g/mol. The Balaban J connectivity index is 2.83. The molecule has 18 heavy (non-hydrogen) atoms. The van der Waals surface area contributed by atoms with E-state index in [-0.39, 0.29) is 32.2 Å². The fourth-order valence-electron chi connectivity index (χ4n) is 2.56. The Morgan fingerprint density at radius 2 is 1.61 bits per heavy atom. The maximum atomic E-state index is 12.5. The van der Waals surface area contributed by atoms with Crippen molar-refractivity contribution in [3.05, 3.63) is 0 Å². The van der Waals surface area contributed by atoms with Crippen LogP contribution in [0.4, 0.5) is 0 Å². The molecule has 0 heterocycles. The molecule has 5 nitrogen and oxygen atoms in total. The molecule has 2 N–H and O–H groups in total. The first kappa shape index (κ1) is 14.9. The molecule has 0 aromatic carbocycles. The molecule has 5 heteroatoms. The van der Waals surface area contributed by atoms with E-state index in [0.717, 1.165) is 25.7 Å². The minimum Gasteiger partial charge on any atom is -0.395 e. The highest BCUT2D eigenvalue weighted by molar-refractivity contribution is 5.85. The molecule has 0 radical (unpaired) electrons. The number of rotatable bonds is 5. The zero-order valence-corrected chi connectivity index (χ0v) is 10.8. The average Bonchev–Trinajstić information content (AvgIpc) is 2.64. The Morgan fingerprint density at radius 1 is 1.11 bits per heavy atom. The summed E-state index contributed by atoms with van der Waals surface area (Å²) in [7, 11) is 0. The SMILES string of the molecule is N#CC1(C(=O)N(CCO)CCO)CCCCCC1. The van der Waals surface area contributed by atoms with Crippen molar-refractivity contribution in [1.29, 1.82) is 5.26 Å². The lowest BCUT2D eigenvalue weighted by molar-refractivity contribution is -0.140. The van der Waals surface area contributed by atoms with E-state index in [9.17, 15) is 10.1 Å². The van der Waals surface area contributed by atoms with Crippen LogP contribution in [-0.2, 0) is 4.79 Å². The van der Waals surface area contributed by atoms with Crippen molar-refractivity contribution in [2.24, 2.45) is 5.41 Å². The van der Waals surface area contributed by atoms with Gasteiger partial charge < -0.3 is 15.1 Å². The summed E-state index contributed by atoms with van der Waals surface area (Å²) in [5.41, 5.74) is -0.944. The van der Waals surface area contributed by atoms with Crippen LogP contribution in [0.1, 0.15) is 38.5 Å². The van der Waals surface area contributed by atoms with Crippen molar-refractivity contribution in [1.82, 2.24) is 4.90 Å². The fourth-order valence-corrected chi connectivity index (χ4v) is 2.56. The smallest absolute Gasteiger partial charge is 0.243 e. The van der Waals surface area contributed by atoms with Gasteiger partial charge in [-0.25, -0.2) is 0 Å². The molecule has 1 aliphatic carbocycles. The quantitative estimate of drug-likeness (QED) is 0.706. The van der Waals surface area contributed by atoms with E-state index in [0.29, 0.717) is 12.8 Å². The van der Waals surface area contributed by atoms with Gasteiger partial charge in [0.15, 0.2) is 0 Å². The van der Waals surface area contributed by atoms with Gasteiger partial charge in [0.05, 0.1) is 19.3 Å². The number of amides is 1. The molecule has 0 unspecified atom stereocenters. The Hall–Kier alpha value is -1.12. The van der Waals surface area contributed by atoms with Crippen molar-refractivity contribution in [3.63, 3.8) is 0 Å². The largest absolute Gasteiger partial charge is 0.395 e. The molecule has 0 aromatic heterocycles. The molecule has 0 saturated heterocycles. The minimum absolute atomic E-state index is 0.146. The number of nitriles is 1. The summed E-state index contributed by atoms with van der Waals surface area (Å²) in [5, 5.41) is 27.3. The molecular weight excluding hydrogens is 232 g/mol. The Bertz CT molecular complexity index is 298. The highest BCUT2D eigenvalue weighted by Crippen LogP contribution is 2.36. The number of hydrogen-bond acceptors (Lipinski definition) is 4. The Labute approximate surface area is 108 Å². The summed E-state index contributed by atoms with van der Waals surface area (Å²) in [6.45, 7) is 0.0755. The molecule has 1 rings (SSSR count). The molecule has 0 aliphatic heterocycles. The van der Waals surface area contributed by atoms with Crippen LogP contribution >= 0.6 is 0 Å². The van der Waals surface area contributed by atoms with Gasteiger partial charge in [0.25, 0.3) is 0 Å². The van der Waals surface area contributed by atoms with Crippen LogP contribution in [0.3, 0.4) is 0 Å². The lowest BCUT2D eigenvalue weighted by atomic mass is 9.80. The minimum atomic E-state index is -0.944. The third-order valence-electron chi connectivity index (χ3n) is 3.61. The lowest BCUT2D eigenvalue weighted by Crippen LogP contribution is -2.45. The van der Waals surface area contributed by atoms with Crippen LogP contribution in [0.5, 0.6) is 0 Å². The van der Waals surface area contributed by atoms with E-state index in [2.05, 4.69) is 6.07 Å². The lowest BCUT2D eigenvalue weighted by Gasteiger charge is -2.31. The number of carbonyl (C=O) groups excluding carboxylic acids is 1. The van der Waals surface area contributed by atoms with E-state index in [1.807, 2.05) is 0 Å². The third-order valence-corrected chi connectivity index (χ3v) is 3.61. The van der Waals surface area contributed by atoms with E-state index in [4.69, 9.17) is 10.2 Å². The van der Waals surface area contributed by atoms with Gasteiger partial charge >= 0.3 is 0 Å². The van der Waals surface area contributed by atoms with Crippen molar-refractivity contribution >= 4 is 5.91 Å². The van der Waals surface area contributed by atoms with Gasteiger partial charge in [-0.05, 0) is 12.8 Å². The van der Waals surface area contributed by atoms with Gasteiger partial charge in [0.1, 0.15) is 5.41 Å². The molecule has 1 aliphatic rings. The van der Waals surface area contributed by atoms with Crippen LogP contribution in [0, 0.1) is 16.7 Å². The van der Waals surface area contributed by atoms with E-state index in [1.54, 1.807) is 0 Å². The molecule has 1 amide bonds. The molecule has 1 fully saturated rings.